The van der Waals surface area contributed by atoms with Crippen LogP contribution in [0, 0.1) is 31.6 Å². The molecule has 1 aromatic carbocycles. The molecule has 1 aliphatic carbocycles. The molecule has 2 N–H and O–H groups in total. The van der Waals surface area contributed by atoms with E-state index in [0.29, 0.717) is 5.92 Å². The number of benzene rings is 1. The van der Waals surface area contributed by atoms with E-state index in [4.69, 9.17) is 12.2 Å². The van der Waals surface area contributed by atoms with Crippen molar-refractivity contribution in [2.45, 2.75) is 52.5 Å². The van der Waals surface area contributed by atoms with Crippen LogP contribution in [-0.2, 0) is 0 Å². The summed E-state index contributed by atoms with van der Waals surface area (Å²) in [6.45, 7) is 6.69. The zero-order valence-electron chi connectivity index (χ0n) is 16.1. The van der Waals surface area contributed by atoms with Crippen LogP contribution in [0.2, 0.25) is 0 Å². The van der Waals surface area contributed by atoms with E-state index in [2.05, 4.69) is 31.4 Å². The molecular formula is C18H24N4O5S. The first-order valence-electron chi connectivity index (χ1n) is 9.03. The average molecular weight is 408 g/mol. The highest BCUT2D eigenvalue weighted by atomic mass is 32.1. The summed E-state index contributed by atoms with van der Waals surface area (Å²) < 4.78 is 0. The van der Waals surface area contributed by atoms with Crippen molar-refractivity contribution in [3.05, 3.63) is 44.0 Å². The van der Waals surface area contributed by atoms with Crippen LogP contribution in [0.1, 0.15) is 56.8 Å². The number of amides is 1. The molecule has 2 rings (SSSR count). The lowest BCUT2D eigenvalue weighted by atomic mass is 9.71. The highest BCUT2D eigenvalue weighted by Crippen LogP contribution is 2.37. The zero-order valence-corrected chi connectivity index (χ0v) is 16.9. The SMILES string of the molecule is CC(C)(C)C1CCC(NC(=S)NC(=O)c2cc([N+](=O)[O-])cc([N+](=O)[O-])c2)CC1. The second kappa shape index (κ2) is 8.59. The van der Waals surface area contributed by atoms with Crippen molar-refractivity contribution in [3.63, 3.8) is 0 Å². The van der Waals surface area contributed by atoms with E-state index in [0.717, 1.165) is 43.9 Å². The van der Waals surface area contributed by atoms with Gasteiger partial charge >= 0.3 is 0 Å². The second-order valence-electron chi connectivity index (χ2n) is 8.09. The van der Waals surface area contributed by atoms with Gasteiger partial charge in [-0.05, 0) is 49.2 Å². The standard InChI is InChI=1S/C18H24N4O5S/c1-18(2,3)12-4-6-13(7-5-12)19-17(28)20-16(23)11-8-14(21(24)25)10-15(9-11)22(26)27/h8-10,12-13H,4-7H2,1-3H3,(H2,19,20,23,28). The Hall–Kier alpha value is -2.62. The molecule has 1 aromatic rings. The number of carbonyl (C=O) groups is 1. The van der Waals surface area contributed by atoms with Gasteiger partial charge in [-0.15, -0.1) is 0 Å². The maximum absolute atomic E-state index is 12.3. The molecular weight excluding hydrogens is 384 g/mol. The van der Waals surface area contributed by atoms with Crippen molar-refractivity contribution in [2.75, 3.05) is 0 Å². The number of thiocarbonyl (C=S) groups is 1. The van der Waals surface area contributed by atoms with E-state index in [9.17, 15) is 25.0 Å². The normalized spacial score (nSPS) is 19.5. The first-order chi connectivity index (χ1) is 13.0. The molecule has 0 saturated heterocycles. The Morgan fingerprint density at radius 2 is 1.54 bits per heavy atom. The molecule has 0 atom stereocenters. The van der Waals surface area contributed by atoms with E-state index in [1.165, 1.54) is 0 Å². The topological polar surface area (TPSA) is 127 Å². The minimum absolute atomic E-state index is 0.110. The zero-order chi connectivity index (χ0) is 21.1. The molecule has 1 fully saturated rings. The van der Waals surface area contributed by atoms with Crippen molar-refractivity contribution in [1.29, 1.82) is 0 Å². The van der Waals surface area contributed by atoms with E-state index in [1.54, 1.807) is 0 Å². The van der Waals surface area contributed by atoms with E-state index in [1.807, 2.05) is 0 Å². The third kappa shape index (κ3) is 5.69. The van der Waals surface area contributed by atoms with E-state index in [-0.39, 0.29) is 22.1 Å². The average Bonchev–Trinajstić information content (AvgIpc) is 2.60. The van der Waals surface area contributed by atoms with Gasteiger partial charge < -0.3 is 5.32 Å². The third-order valence-electron chi connectivity index (χ3n) is 5.10. The largest absolute Gasteiger partial charge is 0.360 e. The van der Waals surface area contributed by atoms with Crippen molar-refractivity contribution in [2.24, 2.45) is 11.3 Å². The fourth-order valence-corrected chi connectivity index (χ4v) is 3.70. The number of nitrogens with one attached hydrogen (secondary N) is 2. The number of non-ortho nitro benzene ring substituents is 2. The van der Waals surface area contributed by atoms with Crippen LogP contribution >= 0.6 is 12.2 Å². The van der Waals surface area contributed by atoms with Gasteiger partial charge in [0.15, 0.2) is 5.11 Å². The van der Waals surface area contributed by atoms with Gasteiger partial charge in [0.1, 0.15) is 0 Å². The Bertz CT molecular complexity index is 765. The van der Waals surface area contributed by atoms with Crippen LogP contribution in [0.25, 0.3) is 0 Å². The maximum atomic E-state index is 12.3. The summed E-state index contributed by atoms with van der Waals surface area (Å²) >= 11 is 5.17. The molecule has 1 saturated carbocycles. The van der Waals surface area contributed by atoms with Crippen molar-refractivity contribution < 1.29 is 14.6 Å². The lowest BCUT2D eigenvalue weighted by Crippen LogP contribution is -2.46. The maximum Gasteiger partial charge on any atom is 0.277 e. The van der Waals surface area contributed by atoms with Gasteiger partial charge in [-0.25, -0.2) is 0 Å². The van der Waals surface area contributed by atoms with Crippen molar-refractivity contribution in [1.82, 2.24) is 10.6 Å². The Morgan fingerprint density at radius 1 is 1.04 bits per heavy atom. The lowest BCUT2D eigenvalue weighted by Gasteiger charge is -2.37. The Kier molecular flexibility index (Phi) is 6.65. The number of hydrogen-bond acceptors (Lipinski definition) is 6. The predicted octanol–water partition coefficient (Wildman–Crippen LogP) is 3.71. The summed E-state index contributed by atoms with van der Waals surface area (Å²) in [5, 5.41) is 27.6. The Balaban J connectivity index is 1.99. The van der Waals surface area contributed by atoms with Crippen LogP contribution in [0.5, 0.6) is 0 Å². The molecule has 0 spiro atoms. The predicted molar refractivity (Wildman–Crippen MR) is 108 cm³/mol. The Morgan fingerprint density at radius 3 is 1.96 bits per heavy atom. The quantitative estimate of drug-likeness (QED) is 0.441. The molecule has 1 aliphatic rings. The molecule has 0 aromatic heterocycles. The van der Waals surface area contributed by atoms with Gasteiger partial charge in [-0.2, -0.15) is 0 Å². The van der Waals surface area contributed by atoms with Crippen LogP contribution < -0.4 is 10.6 Å². The summed E-state index contributed by atoms with van der Waals surface area (Å²) in [5.41, 5.74) is -0.991. The number of rotatable bonds is 4. The van der Waals surface area contributed by atoms with E-state index < -0.39 is 27.1 Å². The number of nitro groups is 2. The number of nitrogens with zero attached hydrogens (tertiary/aromatic N) is 2. The minimum atomic E-state index is -0.784. The number of hydrogen-bond donors (Lipinski definition) is 2. The first kappa shape index (κ1) is 21.7. The van der Waals surface area contributed by atoms with Gasteiger partial charge in [0.25, 0.3) is 17.3 Å². The van der Waals surface area contributed by atoms with Gasteiger partial charge in [0, 0.05) is 18.2 Å². The molecule has 1 amide bonds. The molecule has 10 heteroatoms. The number of carbonyl (C=O) groups excluding carboxylic acids is 1. The summed E-state index contributed by atoms with van der Waals surface area (Å²) in [4.78, 5) is 32.7. The van der Waals surface area contributed by atoms with Crippen LogP contribution in [0.3, 0.4) is 0 Å². The highest BCUT2D eigenvalue weighted by Gasteiger charge is 2.30. The summed E-state index contributed by atoms with van der Waals surface area (Å²) in [7, 11) is 0. The molecule has 0 aliphatic heterocycles. The second-order valence-corrected chi connectivity index (χ2v) is 8.50. The van der Waals surface area contributed by atoms with Gasteiger partial charge in [0.05, 0.1) is 21.5 Å². The minimum Gasteiger partial charge on any atom is -0.360 e. The molecule has 9 nitrogen and oxygen atoms in total. The molecule has 0 heterocycles. The number of nitro benzene ring substituents is 2. The lowest BCUT2D eigenvalue weighted by molar-refractivity contribution is -0.394. The van der Waals surface area contributed by atoms with Crippen molar-refractivity contribution in [3.8, 4) is 0 Å². The smallest absolute Gasteiger partial charge is 0.277 e. The van der Waals surface area contributed by atoms with Crippen LogP contribution in [-0.4, -0.2) is 26.9 Å². The monoisotopic (exact) mass is 408 g/mol. The van der Waals surface area contributed by atoms with Crippen LogP contribution in [0.4, 0.5) is 11.4 Å². The van der Waals surface area contributed by atoms with Gasteiger partial charge in [-0.1, -0.05) is 20.8 Å². The molecule has 0 unspecified atom stereocenters. The third-order valence-corrected chi connectivity index (χ3v) is 5.32. The van der Waals surface area contributed by atoms with Gasteiger partial charge in [-0.3, -0.25) is 30.3 Å². The summed E-state index contributed by atoms with van der Waals surface area (Å²) in [6, 6.07) is 2.92. The van der Waals surface area contributed by atoms with Crippen molar-refractivity contribution >= 4 is 34.6 Å². The summed E-state index contributed by atoms with van der Waals surface area (Å²) in [6.07, 6.45) is 3.99. The molecule has 0 radical (unpaired) electrons. The molecule has 152 valence electrons. The summed E-state index contributed by atoms with van der Waals surface area (Å²) in [5.74, 6) is -0.0909. The first-order valence-corrected chi connectivity index (χ1v) is 9.44. The molecule has 28 heavy (non-hydrogen) atoms. The Labute approximate surface area is 168 Å². The fraction of sp³-hybridized carbons (Fsp3) is 0.556. The van der Waals surface area contributed by atoms with Gasteiger partial charge in [0.2, 0.25) is 0 Å². The highest BCUT2D eigenvalue weighted by molar-refractivity contribution is 7.80. The van der Waals surface area contributed by atoms with E-state index >= 15 is 0 Å². The van der Waals surface area contributed by atoms with Crippen LogP contribution in [0.15, 0.2) is 18.2 Å². The fourth-order valence-electron chi connectivity index (χ4n) is 3.44. The molecule has 0 bridgehead atoms.